The topological polar surface area (TPSA) is 3.24 Å². The highest BCUT2D eigenvalue weighted by Gasteiger charge is 2.32. The van der Waals surface area contributed by atoms with E-state index < -0.39 is 8.07 Å². The molecule has 2 heteroatoms. The van der Waals surface area contributed by atoms with Gasteiger partial charge in [-0.05, 0) is 61.1 Å². The maximum Gasteiger partial charge on any atom is 0.0725 e. The highest BCUT2D eigenvalue weighted by molar-refractivity contribution is 6.82. The first kappa shape index (κ1) is 16.9. The molecule has 0 amide bonds. The lowest BCUT2D eigenvalue weighted by molar-refractivity contribution is 0.0444. The van der Waals surface area contributed by atoms with Crippen molar-refractivity contribution in [1.82, 2.24) is 4.90 Å². The van der Waals surface area contributed by atoms with E-state index >= 15 is 0 Å². The Bertz CT molecular complexity index is 239. The van der Waals surface area contributed by atoms with Crippen LogP contribution in [-0.2, 0) is 0 Å². The summed E-state index contributed by atoms with van der Waals surface area (Å²) in [7, 11) is -1.15. The van der Waals surface area contributed by atoms with Crippen LogP contribution in [-0.4, -0.2) is 30.6 Å². The molecule has 0 atom stereocenters. The lowest BCUT2D eigenvalue weighted by Crippen LogP contribution is -2.53. The first-order valence-electron chi connectivity index (χ1n) is 6.82. The van der Waals surface area contributed by atoms with Gasteiger partial charge in [-0.25, -0.2) is 0 Å². The van der Waals surface area contributed by atoms with Gasteiger partial charge in [-0.1, -0.05) is 24.9 Å². The molecule has 0 radical (unpaired) electrons. The molecular weight excluding hydrogens is 222 g/mol. The predicted molar refractivity (Wildman–Crippen MR) is 83.3 cm³/mol. The largest absolute Gasteiger partial charge is 0.294 e. The lowest BCUT2D eigenvalue weighted by atomic mass is 9.96. The van der Waals surface area contributed by atoms with Gasteiger partial charge in [0, 0.05) is 11.1 Å². The summed E-state index contributed by atoms with van der Waals surface area (Å²) in [4.78, 5) is 2.64. The molecule has 0 aromatic heterocycles. The number of hydrogen-bond acceptors (Lipinski definition) is 1. The third-order valence-electron chi connectivity index (χ3n) is 3.22. The van der Waals surface area contributed by atoms with E-state index in [1.54, 1.807) is 0 Å². The molecule has 0 N–H and O–H groups in total. The first-order valence-corrected chi connectivity index (χ1v) is 10.1. The maximum atomic E-state index is 2.64. The molecule has 102 valence electrons. The van der Waals surface area contributed by atoms with Gasteiger partial charge in [-0.15, -0.1) is 0 Å². The van der Waals surface area contributed by atoms with Crippen molar-refractivity contribution in [3.8, 4) is 0 Å². The van der Waals surface area contributed by atoms with Crippen LogP contribution in [0.2, 0.25) is 19.1 Å². The lowest BCUT2D eigenvalue weighted by Gasteiger charge is -2.46. The second kappa shape index (κ2) is 5.70. The Labute approximate surface area is 110 Å². The zero-order chi connectivity index (χ0) is 13.9. The van der Waals surface area contributed by atoms with Gasteiger partial charge in [0.25, 0.3) is 0 Å². The van der Waals surface area contributed by atoms with E-state index in [9.17, 15) is 0 Å². The van der Waals surface area contributed by atoms with Gasteiger partial charge >= 0.3 is 0 Å². The van der Waals surface area contributed by atoms with Crippen molar-refractivity contribution in [3.05, 3.63) is 11.8 Å². The molecule has 0 aliphatic heterocycles. The molecule has 1 nitrogen and oxygen atoms in total. The van der Waals surface area contributed by atoms with E-state index in [-0.39, 0.29) is 11.1 Å². The molecule has 0 aliphatic rings. The van der Waals surface area contributed by atoms with Crippen LogP contribution in [0.1, 0.15) is 48.5 Å². The van der Waals surface area contributed by atoms with Crippen molar-refractivity contribution in [2.24, 2.45) is 0 Å². The van der Waals surface area contributed by atoms with Crippen molar-refractivity contribution in [2.45, 2.75) is 78.7 Å². The summed E-state index contributed by atoms with van der Waals surface area (Å²) in [5.74, 6) is 0. The van der Waals surface area contributed by atoms with Crippen LogP contribution < -0.4 is 0 Å². The average molecular weight is 256 g/mol. The summed E-state index contributed by atoms with van der Waals surface area (Å²) in [6.45, 7) is 22.2. The Morgan fingerprint density at radius 3 is 1.65 bits per heavy atom. The molecule has 0 rings (SSSR count). The molecule has 0 saturated heterocycles. The normalized spacial score (nSPS) is 14.9. The minimum Gasteiger partial charge on any atom is -0.294 e. The van der Waals surface area contributed by atoms with Gasteiger partial charge in [-0.2, -0.15) is 0 Å². The molecule has 0 spiro atoms. The van der Waals surface area contributed by atoms with Gasteiger partial charge in [0.1, 0.15) is 0 Å². The summed E-state index contributed by atoms with van der Waals surface area (Å²) in [6.07, 6.45) is 2.23. The number of hydrogen-bond donors (Lipinski definition) is 0. The summed E-state index contributed by atoms with van der Waals surface area (Å²) in [5, 5.41) is 0. The van der Waals surface area contributed by atoms with E-state index in [4.69, 9.17) is 0 Å². The summed E-state index contributed by atoms with van der Waals surface area (Å²) < 4.78 is 0. The zero-order valence-corrected chi connectivity index (χ0v) is 14.5. The van der Waals surface area contributed by atoms with Crippen molar-refractivity contribution < 1.29 is 0 Å². The van der Waals surface area contributed by atoms with Crippen LogP contribution >= 0.6 is 0 Å². The Balaban J connectivity index is 4.71. The van der Waals surface area contributed by atoms with E-state index in [2.05, 4.69) is 78.2 Å². The number of nitrogens with zero attached hydrogens (tertiary/aromatic N) is 1. The average Bonchev–Trinajstić information content (AvgIpc) is 1.97. The fraction of sp³-hybridized carbons (Fsp3) is 0.867. The standard InChI is InChI=1S/C15H33NSi/c1-10-12-17(8,9)13-11-16(14(2,3)4)15(5,6)7/h10,12H,11,13H2,1-9H3/b12-10-. The van der Waals surface area contributed by atoms with Crippen molar-refractivity contribution >= 4 is 8.07 Å². The number of allylic oxidation sites excluding steroid dienone is 1. The Hall–Kier alpha value is -0.0831. The van der Waals surface area contributed by atoms with Crippen LogP contribution in [0.25, 0.3) is 0 Å². The molecule has 0 bridgehead atoms. The van der Waals surface area contributed by atoms with E-state index in [0.717, 1.165) is 0 Å². The monoisotopic (exact) mass is 255 g/mol. The number of rotatable bonds is 4. The molecule has 0 aliphatic carbocycles. The Kier molecular flexibility index (Phi) is 5.68. The smallest absolute Gasteiger partial charge is 0.0725 e. The minimum absolute atomic E-state index is 0.249. The predicted octanol–water partition coefficient (Wildman–Crippen LogP) is 4.71. The second-order valence-electron chi connectivity index (χ2n) is 7.73. The molecule has 0 saturated carbocycles. The van der Waals surface area contributed by atoms with Crippen LogP contribution in [0.5, 0.6) is 0 Å². The Morgan fingerprint density at radius 2 is 1.35 bits per heavy atom. The second-order valence-corrected chi connectivity index (χ2v) is 12.5. The van der Waals surface area contributed by atoms with Crippen LogP contribution in [0.4, 0.5) is 0 Å². The molecule has 17 heavy (non-hydrogen) atoms. The highest BCUT2D eigenvalue weighted by Crippen LogP contribution is 2.26. The van der Waals surface area contributed by atoms with Crippen molar-refractivity contribution in [3.63, 3.8) is 0 Å². The van der Waals surface area contributed by atoms with E-state index in [1.807, 2.05) is 0 Å². The van der Waals surface area contributed by atoms with Gasteiger partial charge in [0.15, 0.2) is 0 Å². The van der Waals surface area contributed by atoms with E-state index in [1.165, 1.54) is 12.6 Å². The van der Waals surface area contributed by atoms with Crippen LogP contribution in [0, 0.1) is 0 Å². The van der Waals surface area contributed by atoms with Crippen LogP contribution in [0.3, 0.4) is 0 Å². The summed E-state index contributed by atoms with van der Waals surface area (Å²) in [5.41, 5.74) is 2.95. The van der Waals surface area contributed by atoms with Gasteiger partial charge in [0.05, 0.1) is 8.07 Å². The third kappa shape index (κ3) is 6.42. The van der Waals surface area contributed by atoms with Crippen molar-refractivity contribution in [2.75, 3.05) is 6.54 Å². The summed E-state index contributed by atoms with van der Waals surface area (Å²) in [6, 6.07) is 1.34. The van der Waals surface area contributed by atoms with E-state index in [0.29, 0.717) is 0 Å². The van der Waals surface area contributed by atoms with Gasteiger partial charge in [0.2, 0.25) is 0 Å². The quantitative estimate of drug-likeness (QED) is 0.658. The molecule has 0 aromatic carbocycles. The molecule has 0 heterocycles. The Morgan fingerprint density at radius 1 is 0.941 bits per heavy atom. The molecular formula is C15H33NSi. The van der Waals surface area contributed by atoms with Gasteiger partial charge in [-0.3, -0.25) is 4.90 Å². The third-order valence-corrected chi connectivity index (χ3v) is 5.97. The molecule has 0 unspecified atom stereocenters. The maximum absolute atomic E-state index is 2.64. The fourth-order valence-electron chi connectivity index (χ4n) is 2.61. The van der Waals surface area contributed by atoms with Crippen molar-refractivity contribution in [1.29, 1.82) is 0 Å². The molecule has 0 aromatic rings. The fourth-order valence-corrected chi connectivity index (χ4v) is 4.48. The van der Waals surface area contributed by atoms with Crippen LogP contribution in [0.15, 0.2) is 11.8 Å². The zero-order valence-electron chi connectivity index (χ0n) is 13.5. The summed E-state index contributed by atoms with van der Waals surface area (Å²) >= 11 is 0. The van der Waals surface area contributed by atoms with Gasteiger partial charge < -0.3 is 0 Å². The highest BCUT2D eigenvalue weighted by atomic mass is 28.3. The first-order chi connectivity index (χ1) is 7.40. The SMILES string of the molecule is C/C=C\[Si](C)(C)CCN(C(C)(C)C)C(C)(C)C. The minimum atomic E-state index is -1.15. The molecule has 0 fully saturated rings.